The van der Waals surface area contributed by atoms with Crippen LogP contribution in [-0.4, -0.2) is 16.5 Å². The molecule has 0 aliphatic carbocycles. The Hall–Kier alpha value is -0.480. The van der Waals surface area contributed by atoms with Crippen LogP contribution in [0.25, 0.3) is 0 Å². The zero-order valence-corrected chi connectivity index (χ0v) is 6.03. The molecule has 0 spiro atoms. The van der Waals surface area contributed by atoms with Crippen molar-refractivity contribution in [2.75, 3.05) is 6.26 Å². The molecule has 50 valence electrons. The van der Waals surface area contributed by atoms with Gasteiger partial charge in [0.05, 0.1) is 11.2 Å². The number of aromatic nitrogens is 2. The lowest BCUT2D eigenvalue weighted by Crippen LogP contribution is -1.95. The summed E-state index contributed by atoms with van der Waals surface area (Å²) < 4.78 is 0. The van der Waals surface area contributed by atoms with E-state index >= 15 is 0 Å². The first-order valence-corrected chi connectivity index (χ1v) is 3.87. The molecule has 4 heteroatoms. The molecule has 0 saturated heterocycles. The van der Waals surface area contributed by atoms with Gasteiger partial charge in [-0.15, -0.1) is 11.8 Å². The van der Waals surface area contributed by atoms with Crippen LogP contribution < -0.4 is 5.73 Å². The van der Waals surface area contributed by atoms with Crippen LogP contribution in [0.2, 0.25) is 0 Å². The van der Waals surface area contributed by atoms with E-state index in [-0.39, 0.29) is 0 Å². The molecule has 3 N–H and O–H groups in total. The Morgan fingerprint density at radius 1 is 1.89 bits per heavy atom. The smallest absolute Gasteiger partial charge is 0.0950 e. The van der Waals surface area contributed by atoms with Gasteiger partial charge in [0, 0.05) is 12.1 Å². The van der Waals surface area contributed by atoms with E-state index in [0.29, 0.717) is 6.54 Å². The van der Waals surface area contributed by atoms with E-state index in [1.54, 1.807) is 18.0 Å². The Morgan fingerprint density at radius 2 is 2.67 bits per heavy atom. The number of nitrogens with one attached hydrogen (secondary N) is 1. The molecule has 0 saturated carbocycles. The van der Waals surface area contributed by atoms with Crippen LogP contribution in [0.3, 0.4) is 0 Å². The molecule has 0 aromatic carbocycles. The highest BCUT2D eigenvalue weighted by molar-refractivity contribution is 7.98. The summed E-state index contributed by atoms with van der Waals surface area (Å²) in [5.74, 6) is 0. The Labute approximate surface area is 58.0 Å². The average molecular weight is 143 g/mol. The summed E-state index contributed by atoms with van der Waals surface area (Å²) in [6.07, 6.45) is 3.75. The molecular weight excluding hydrogens is 134 g/mol. The van der Waals surface area contributed by atoms with Gasteiger partial charge in [0.1, 0.15) is 0 Å². The van der Waals surface area contributed by atoms with Crippen LogP contribution in [-0.2, 0) is 6.54 Å². The molecule has 1 rings (SSSR count). The molecule has 1 aromatic heterocycles. The van der Waals surface area contributed by atoms with Gasteiger partial charge in [0.25, 0.3) is 0 Å². The number of hydrogen-bond acceptors (Lipinski definition) is 3. The van der Waals surface area contributed by atoms with Crippen LogP contribution in [0.4, 0.5) is 0 Å². The van der Waals surface area contributed by atoms with Gasteiger partial charge in [0.2, 0.25) is 0 Å². The van der Waals surface area contributed by atoms with Gasteiger partial charge in [0.15, 0.2) is 0 Å². The summed E-state index contributed by atoms with van der Waals surface area (Å²) in [6.45, 7) is 0.562. The fourth-order valence-corrected chi connectivity index (χ4v) is 1.16. The van der Waals surface area contributed by atoms with E-state index in [0.717, 1.165) is 10.6 Å². The lowest BCUT2D eigenvalue weighted by molar-refractivity contribution is 0.972. The van der Waals surface area contributed by atoms with Gasteiger partial charge < -0.3 is 5.73 Å². The molecule has 0 unspecified atom stereocenters. The molecule has 1 aromatic rings. The van der Waals surface area contributed by atoms with E-state index in [1.807, 2.05) is 6.26 Å². The monoisotopic (exact) mass is 143 g/mol. The van der Waals surface area contributed by atoms with Crippen LogP contribution in [0.15, 0.2) is 11.2 Å². The average Bonchev–Trinajstić information content (AvgIpc) is 2.33. The molecule has 0 atom stereocenters. The van der Waals surface area contributed by atoms with Crippen molar-refractivity contribution in [3.05, 3.63) is 11.8 Å². The second-order valence-corrected chi connectivity index (χ2v) is 2.45. The SMILES string of the molecule is CSc1[nH]ncc1CN. The van der Waals surface area contributed by atoms with Crippen LogP contribution in [0, 0.1) is 0 Å². The number of aromatic amines is 1. The third-order valence-corrected chi connectivity index (χ3v) is 1.86. The van der Waals surface area contributed by atoms with Crippen molar-refractivity contribution in [3.8, 4) is 0 Å². The van der Waals surface area contributed by atoms with E-state index in [1.165, 1.54) is 0 Å². The van der Waals surface area contributed by atoms with Gasteiger partial charge >= 0.3 is 0 Å². The summed E-state index contributed by atoms with van der Waals surface area (Å²) in [4.78, 5) is 0. The highest BCUT2D eigenvalue weighted by atomic mass is 32.2. The summed E-state index contributed by atoms with van der Waals surface area (Å²) in [6, 6.07) is 0. The molecule has 9 heavy (non-hydrogen) atoms. The lowest BCUT2D eigenvalue weighted by Gasteiger charge is -1.91. The Bertz CT molecular complexity index is 166. The molecule has 0 amide bonds. The van der Waals surface area contributed by atoms with Crippen LogP contribution in [0.5, 0.6) is 0 Å². The molecule has 0 aliphatic rings. The minimum Gasteiger partial charge on any atom is -0.326 e. The van der Waals surface area contributed by atoms with E-state index < -0.39 is 0 Å². The Balaban J connectivity index is 2.85. The maximum Gasteiger partial charge on any atom is 0.0950 e. The van der Waals surface area contributed by atoms with E-state index in [4.69, 9.17) is 5.73 Å². The van der Waals surface area contributed by atoms with E-state index in [9.17, 15) is 0 Å². The number of nitrogens with zero attached hydrogens (tertiary/aromatic N) is 1. The fourth-order valence-electron chi connectivity index (χ4n) is 0.621. The first-order valence-electron chi connectivity index (χ1n) is 2.64. The van der Waals surface area contributed by atoms with E-state index in [2.05, 4.69) is 10.2 Å². The first kappa shape index (κ1) is 6.64. The topological polar surface area (TPSA) is 54.7 Å². The van der Waals surface area contributed by atoms with Gasteiger partial charge in [-0.1, -0.05) is 0 Å². The highest BCUT2D eigenvalue weighted by Crippen LogP contribution is 2.14. The third-order valence-electron chi connectivity index (χ3n) is 1.10. The van der Waals surface area contributed by atoms with Crippen molar-refractivity contribution in [1.82, 2.24) is 10.2 Å². The first-order chi connectivity index (χ1) is 4.38. The third kappa shape index (κ3) is 1.25. The standard InChI is InChI=1S/C5H9N3S/c1-9-5-4(2-6)3-7-8-5/h3H,2,6H2,1H3,(H,7,8). The van der Waals surface area contributed by atoms with Crippen molar-refractivity contribution < 1.29 is 0 Å². The number of nitrogens with two attached hydrogens (primary N) is 1. The quantitative estimate of drug-likeness (QED) is 0.596. The van der Waals surface area contributed by atoms with Crippen molar-refractivity contribution in [2.45, 2.75) is 11.6 Å². The minimum absolute atomic E-state index is 0.562. The van der Waals surface area contributed by atoms with Crippen LogP contribution in [0.1, 0.15) is 5.56 Å². The number of thioether (sulfide) groups is 1. The van der Waals surface area contributed by atoms with Gasteiger partial charge in [-0.05, 0) is 6.26 Å². The van der Waals surface area contributed by atoms with Gasteiger partial charge in [-0.25, -0.2) is 0 Å². The molecule has 0 bridgehead atoms. The molecule has 0 fully saturated rings. The summed E-state index contributed by atoms with van der Waals surface area (Å²) in [5.41, 5.74) is 6.48. The number of H-pyrrole nitrogens is 1. The lowest BCUT2D eigenvalue weighted by atomic mass is 10.4. The van der Waals surface area contributed by atoms with Crippen LogP contribution >= 0.6 is 11.8 Å². The fraction of sp³-hybridized carbons (Fsp3) is 0.400. The minimum atomic E-state index is 0.562. The molecule has 0 radical (unpaired) electrons. The second kappa shape index (κ2) is 2.89. The number of hydrogen-bond donors (Lipinski definition) is 2. The molecule has 1 heterocycles. The number of rotatable bonds is 2. The Kier molecular flexibility index (Phi) is 2.13. The van der Waals surface area contributed by atoms with Crippen molar-refractivity contribution >= 4 is 11.8 Å². The second-order valence-electron chi connectivity index (χ2n) is 1.63. The van der Waals surface area contributed by atoms with Crippen molar-refractivity contribution in [1.29, 1.82) is 0 Å². The highest BCUT2D eigenvalue weighted by Gasteiger charge is 1.98. The Morgan fingerprint density at radius 3 is 3.11 bits per heavy atom. The normalized spacial score (nSPS) is 10.0. The maximum absolute atomic E-state index is 5.40. The zero-order chi connectivity index (χ0) is 6.69. The van der Waals surface area contributed by atoms with Gasteiger partial charge in [-0.3, -0.25) is 5.10 Å². The van der Waals surface area contributed by atoms with Crippen molar-refractivity contribution in [3.63, 3.8) is 0 Å². The predicted octanol–water partition coefficient (Wildman–Crippen LogP) is 0.590. The van der Waals surface area contributed by atoms with Gasteiger partial charge in [-0.2, -0.15) is 5.10 Å². The predicted molar refractivity (Wildman–Crippen MR) is 38.3 cm³/mol. The summed E-state index contributed by atoms with van der Waals surface area (Å²) in [7, 11) is 0. The molecular formula is C5H9N3S. The molecule has 0 aliphatic heterocycles. The molecule has 3 nitrogen and oxygen atoms in total. The summed E-state index contributed by atoms with van der Waals surface area (Å²) in [5, 5.41) is 7.74. The maximum atomic E-state index is 5.40. The zero-order valence-electron chi connectivity index (χ0n) is 5.22. The van der Waals surface area contributed by atoms with Crippen molar-refractivity contribution in [2.24, 2.45) is 5.73 Å². The largest absolute Gasteiger partial charge is 0.326 e. The summed E-state index contributed by atoms with van der Waals surface area (Å²) >= 11 is 1.63.